The van der Waals surface area contributed by atoms with Gasteiger partial charge in [0.05, 0.1) is 23.4 Å². The Morgan fingerprint density at radius 1 is 1.32 bits per heavy atom. The number of anilines is 1. The van der Waals surface area contributed by atoms with E-state index in [4.69, 9.17) is 4.74 Å². The Hall–Kier alpha value is -2.06. The normalized spacial score (nSPS) is 18.1. The molecule has 162 valence electrons. The topological polar surface area (TPSA) is 45.7 Å². The molecule has 1 fully saturated rings. The third-order valence-electron chi connectivity index (χ3n) is 6.00. The van der Waals surface area contributed by atoms with E-state index in [0.29, 0.717) is 6.54 Å². The second kappa shape index (κ2) is 9.20. The summed E-state index contributed by atoms with van der Waals surface area (Å²) >= 11 is 3.41. The third kappa shape index (κ3) is 4.75. The molecule has 5 nitrogen and oxygen atoms in total. The Morgan fingerprint density at radius 2 is 2.26 bits per heavy atom. The van der Waals surface area contributed by atoms with Gasteiger partial charge in [-0.3, -0.25) is 9.69 Å². The van der Waals surface area contributed by atoms with Gasteiger partial charge in [0.1, 0.15) is 0 Å². The molecule has 1 aromatic carbocycles. The smallest absolute Gasteiger partial charge is 0.241 e. The molecule has 0 bridgehead atoms. The van der Waals surface area contributed by atoms with Crippen LogP contribution in [-0.2, 0) is 22.5 Å². The lowest BCUT2D eigenvalue weighted by Gasteiger charge is -2.27. The monoisotopic (exact) mass is 453 g/mol. The molecule has 1 saturated heterocycles. The van der Waals surface area contributed by atoms with Crippen LogP contribution in [0.2, 0.25) is 0 Å². The minimum Gasteiger partial charge on any atom is -0.377 e. The number of aromatic nitrogens is 1. The minimum absolute atomic E-state index is 0.172. The average molecular weight is 454 g/mol. The molecule has 3 aromatic rings. The van der Waals surface area contributed by atoms with Crippen molar-refractivity contribution in [2.24, 2.45) is 0 Å². The van der Waals surface area contributed by atoms with Crippen LogP contribution in [0.3, 0.4) is 0 Å². The van der Waals surface area contributed by atoms with E-state index in [9.17, 15) is 4.79 Å². The highest BCUT2D eigenvalue weighted by atomic mass is 32.1. The lowest BCUT2D eigenvalue weighted by molar-refractivity contribution is -0.120. The number of amides is 1. The van der Waals surface area contributed by atoms with Crippen molar-refractivity contribution in [3.05, 3.63) is 56.5 Å². The van der Waals surface area contributed by atoms with Crippen LogP contribution in [0.15, 0.2) is 41.1 Å². The van der Waals surface area contributed by atoms with Crippen LogP contribution in [-0.4, -0.2) is 48.1 Å². The first kappa shape index (κ1) is 20.8. The lowest BCUT2D eigenvalue weighted by Crippen LogP contribution is -2.42. The average Bonchev–Trinajstić information content (AvgIpc) is 3.55. The molecule has 0 unspecified atom stereocenters. The number of nitrogens with zero attached hydrogens (tertiary/aromatic N) is 3. The maximum Gasteiger partial charge on any atom is 0.241 e. The van der Waals surface area contributed by atoms with E-state index >= 15 is 0 Å². The van der Waals surface area contributed by atoms with Crippen LogP contribution in [0.5, 0.6) is 0 Å². The fourth-order valence-electron chi connectivity index (χ4n) is 4.48. The highest BCUT2D eigenvalue weighted by Gasteiger charge is 2.28. The molecule has 0 saturated carbocycles. The van der Waals surface area contributed by atoms with Crippen molar-refractivity contribution in [1.29, 1.82) is 0 Å². The zero-order valence-corrected chi connectivity index (χ0v) is 19.4. The van der Waals surface area contributed by atoms with Crippen molar-refractivity contribution >= 4 is 34.3 Å². The van der Waals surface area contributed by atoms with Gasteiger partial charge in [-0.25, -0.2) is 4.98 Å². The van der Waals surface area contributed by atoms with E-state index in [1.54, 1.807) is 22.7 Å². The quantitative estimate of drug-likeness (QED) is 0.518. The van der Waals surface area contributed by atoms with Crippen LogP contribution < -0.4 is 4.90 Å². The summed E-state index contributed by atoms with van der Waals surface area (Å²) in [6, 6.07) is 10.6. The van der Waals surface area contributed by atoms with Crippen LogP contribution >= 0.6 is 22.7 Å². The zero-order valence-electron chi connectivity index (χ0n) is 17.8. The maximum atomic E-state index is 13.3. The van der Waals surface area contributed by atoms with Crippen molar-refractivity contribution in [2.75, 3.05) is 31.1 Å². The van der Waals surface area contributed by atoms with Gasteiger partial charge < -0.3 is 9.64 Å². The predicted molar refractivity (Wildman–Crippen MR) is 127 cm³/mol. The number of hydrogen-bond donors (Lipinski definition) is 0. The van der Waals surface area contributed by atoms with Gasteiger partial charge in [-0.15, -0.1) is 22.7 Å². The molecule has 0 radical (unpaired) electrons. The van der Waals surface area contributed by atoms with Crippen molar-refractivity contribution in [3.63, 3.8) is 0 Å². The number of aryl methyl sites for hydroxylation is 1. The predicted octanol–water partition coefficient (Wildman–Crippen LogP) is 4.75. The van der Waals surface area contributed by atoms with Crippen LogP contribution in [0, 0.1) is 6.92 Å². The van der Waals surface area contributed by atoms with Gasteiger partial charge in [0, 0.05) is 47.7 Å². The Bertz CT molecular complexity index is 1040. The fourth-order valence-corrected chi connectivity index (χ4v) is 5.85. The molecule has 31 heavy (non-hydrogen) atoms. The largest absolute Gasteiger partial charge is 0.377 e. The number of benzene rings is 1. The highest BCUT2D eigenvalue weighted by molar-refractivity contribution is 7.10. The first-order valence-corrected chi connectivity index (χ1v) is 12.6. The highest BCUT2D eigenvalue weighted by Crippen LogP contribution is 2.33. The molecule has 0 N–H and O–H groups in total. The summed E-state index contributed by atoms with van der Waals surface area (Å²) in [4.78, 5) is 23.4. The fraction of sp³-hybridized carbons (Fsp3) is 0.417. The molecule has 1 amide bonds. The molecule has 4 heterocycles. The molecule has 1 atom stereocenters. The molecule has 2 aromatic heterocycles. The van der Waals surface area contributed by atoms with E-state index in [1.165, 1.54) is 10.4 Å². The van der Waals surface area contributed by atoms with Crippen LogP contribution in [0.25, 0.3) is 11.3 Å². The lowest BCUT2D eigenvalue weighted by atomic mass is 10.1. The zero-order chi connectivity index (χ0) is 21.2. The summed E-state index contributed by atoms with van der Waals surface area (Å²) in [6.45, 7) is 5.65. The number of hydrogen-bond acceptors (Lipinski definition) is 6. The summed E-state index contributed by atoms with van der Waals surface area (Å²) in [5.41, 5.74) is 4.44. The Morgan fingerprint density at radius 3 is 3.00 bits per heavy atom. The molecule has 0 spiro atoms. The molecule has 0 aliphatic carbocycles. The van der Waals surface area contributed by atoms with Gasteiger partial charge in [0.15, 0.2) is 0 Å². The van der Waals surface area contributed by atoms with Gasteiger partial charge in [0.25, 0.3) is 0 Å². The Balaban J connectivity index is 1.30. The summed E-state index contributed by atoms with van der Waals surface area (Å²) in [5.74, 6) is 0.172. The number of thiophene rings is 1. The van der Waals surface area contributed by atoms with E-state index < -0.39 is 0 Å². The van der Waals surface area contributed by atoms with E-state index in [-0.39, 0.29) is 12.0 Å². The van der Waals surface area contributed by atoms with E-state index in [1.807, 2.05) is 11.8 Å². The Kier molecular flexibility index (Phi) is 6.18. The summed E-state index contributed by atoms with van der Waals surface area (Å²) in [6.07, 6.45) is 3.34. The maximum absolute atomic E-state index is 13.3. The van der Waals surface area contributed by atoms with Crippen molar-refractivity contribution in [2.45, 2.75) is 38.8 Å². The molecular weight excluding hydrogens is 426 g/mol. The second-order valence-electron chi connectivity index (χ2n) is 8.27. The van der Waals surface area contributed by atoms with Gasteiger partial charge >= 0.3 is 0 Å². The number of carbonyl (C=O) groups excluding carboxylic acids is 1. The van der Waals surface area contributed by atoms with Crippen molar-refractivity contribution in [1.82, 2.24) is 9.88 Å². The molecule has 2 aliphatic rings. The van der Waals surface area contributed by atoms with E-state index in [2.05, 4.69) is 51.0 Å². The van der Waals surface area contributed by atoms with Gasteiger partial charge in [-0.1, -0.05) is 12.1 Å². The SMILES string of the molecule is Cc1nc(-c2ccc3c(c2)CCN3C(=O)CN(Cc2cccs2)C[C@@H]2CCCO2)cs1. The first-order chi connectivity index (χ1) is 15.2. The van der Waals surface area contributed by atoms with Gasteiger partial charge in [-0.2, -0.15) is 0 Å². The Labute approximate surface area is 191 Å². The number of carbonyl (C=O) groups is 1. The number of fused-ring (bicyclic) bond motifs is 1. The van der Waals surface area contributed by atoms with Crippen LogP contribution in [0.1, 0.15) is 28.3 Å². The van der Waals surface area contributed by atoms with Gasteiger partial charge in [-0.05, 0) is 55.3 Å². The third-order valence-corrected chi connectivity index (χ3v) is 7.63. The number of rotatable bonds is 7. The number of ether oxygens (including phenoxy) is 1. The minimum atomic E-state index is 0.172. The number of thiazole rings is 1. The standard InChI is InChI=1S/C24H27N3O2S2/c1-17-25-22(16-31-17)18-6-7-23-19(12-18)8-9-27(23)24(28)15-26(13-20-4-2-10-29-20)14-21-5-3-11-30-21/h3,5-7,11-12,16,20H,2,4,8-10,13-15H2,1H3/t20-/m0/s1. The van der Waals surface area contributed by atoms with Crippen molar-refractivity contribution < 1.29 is 9.53 Å². The molecule has 2 aliphatic heterocycles. The summed E-state index contributed by atoms with van der Waals surface area (Å²) < 4.78 is 5.85. The summed E-state index contributed by atoms with van der Waals surface area (Å²) in [5, 5.41) is 5.27. The first-order valence-electron chi connectivity index (χ1n) is 10.9. The second-order valence-corrected chi connectivity index (χ2v) is 10.4. The molecule has 5 rings (SSSR count). The molecule has 7 heteroatoms. The van der Waals surface area contributed by atoms with Gasteiger partial charge in [0.2, 0.25) is 5.91 Å². The summed E-state index contributed by atoms with van der Waals surface area (Å²) in [7, 11) is 0. The van der Waals surface area contributed by atoms with Crippen LogP contribution in [0.4, 0.5) is 5.69 Å². The molecular formula is C24H27N3O2S2. The van der Waals surface area contributed by atoms with Crippen molar-refractivity contribution in [3.8, 4) is 11.3 Å². The van der Waals surface area contributed by atoms with E-state index in [0.717, 1.165) is 67.5 Å².